The van der Waals surface area contributed by atoms with Crippen molar-refractivity contribution in [1.29, 1.82) is 0 Å². The molecule has 284 valence electrons. The number of hydrogen-bond donors (Lipinski definition) is 0. The Morgan fingerprint density at radius 1 is 0.417 bits per heavy atom. The van der Waals surface area contributed by atoms with E-state index in [1.807, 2.05) is 42.5 Å². The first-order valence-corrected chi connectivity index (χ1v) is 20.3. The number of para-hydroxylation sites is 2. The average Bonchev–Trinajstić information content (AvgIpc) is 3.80. The number of fused-ring (bicyclic) bond motifs is 9. The minimum Gasteiger partial charge on any atom is -0.455 e. The van der Waals surface area contributed by atoms with Crippen LogP contribution in [0.5, 0.6) is 23.0 Å². The number of nitrogens with zero attached hydrogens (tertiary/aromatic N) is 2. The second-order valence-electron chi connectivity index (χ2n) is 16.1. The Kier molecular flexibility index (Phi) is 7.51. The van der Waals surface area contributed by atoms with Gasteiger partial charge in [0, 0.05) is 44.0 Å². The maximum Gasteiger partial charge on any atom is 0.178 e. The summed E-state index contributed by atoms with van der Waals surface area (Å²) in [5, 5.41) is 2.24. The molecule has 0 N–H and O–H groups in total. The molecule has 0 fully saturated rings. The number of benzene rings is 8. The van der Waals surface area contributed by atoms with Crippen LogP contribution < -0.4 is 9.47 Å². The highest BCUT2D eigenvalue weighted by molar-refractivity contribution is 6.09. The number of hydrogen-bond acceptors (Lipinski definition) is 5. The summed E-state index contributed by atoms with van der Waals surface area (Å²) >= 11 is 0. The van der Waals surface area contributed by atoms with Crippen LogP contribution in [0.4, 0.5) is 0 Å². The number of ether oxygens (including phenoxy) is 2. The molecule has 10 aromatic rings. The highest BCUT2D eigenvalue weighted by atomic mass is 16.6. The zero-order valence-electron chi connectivity index (χ0n) is 32.9. The molecule has 60 heavy (non-hydrogen) atoms. The minimum atomic E-state index is -0.116. The van der Waals surface area contributed by atoms with Crippen molar-refractivity contribution >= 4 is 21.9 Å². The molecule has 0 spiro atoms. The third-order valence-electron chi connectivity index (χ3n) is 12.2. The van der Waals surface area contributed by atoms with E-state index in [4.69, 9.17) is 23.9 Å². The number of furan rings is 1. The zero-order chi connectivity index (χ0) is 40.0. The first-order valence-electron chi connectivity index (χ1n) is 20.3. The van der Waals surface area contributed by atoms with E-state index in [1.165, 1.54) is 16.7 Å². The Bertz CT molecular complexity index is 3330. The van der Waals surface area contributed by atoms with Crippen molar-refractivity contribution in [3.63, 3.8) is 0 Å². The summed E-state index contributed by atoms with van der Waals surface area (Å²) in [5.74, 6) is 3.56. The van der Waals surface area contributed by atoms with Crippen molar-refractivity contribution in [2.24, 2.45) is 0 Å². The second-order valence-corrected chi connectivity index (χ2v) is 16.1. The fourth-order valence-electron chi connectivity index (χ4n) is 9.09. The van der Waals surface area contributed by atoms with Gasteiger partial charge in [-0.05, 0) is 63.7 Å². The van der Waals surface area contributed by atoms with Crippen molar-refractivity contribution in [2.75, 3.05) is 0 Å². The first kappa shape index (κ1) is 34.3. The minimum absolute atomic E-state index is 0.116. The van der Waals surface area contributed by atoms with Crippen LogP contribution >= 0.6 is 0 Å². The molecule has 0 bridgehead atoms. The van der Waals surface area contributed by atoms with Gasteiger partial charge in [0.2, 0.25) is 0 Å². The van der Waals surface area contributed by atoms with Gasteiger partial charge in [0.15, 0.2) is 28.8 Å². The summed E-state index contributed by atoms with van der Waals surface area (Å²) in [6.45, 7) is 4.55. The molecule has 0 saturated carbocycles. The Balaban J connectivity index is 0.860. The Morgan fingerprint density at radius 3 is 1.88 bits per heavy atom. The Morgan fingerprint density at radius 2 is 1.05 bits per heavy atom. The van der Waals surface area contributed by atoms with Gasteiger partial charge in [-0.15, -0.1) is 0 Å². The maximum absolute atomic E-state index is 6.65. The topological polar surface area (TPSA) is 57.4 Å². The van der Waals surface area contributed by atoms with Crippen LogP contribution in [0.25, 0.3) is 89.2 Å². The lowest BCUT2D eigenvalue weighted by Gasteiger charge is -2.25. The third kappa shape index (κ3) is 5.40. The maximum atomic E-state index is 6.65. The third-order valence-corrected chi connectivity index (χ3v) is 12.2. The highest BCUT2D eigenvalue weighted by Gasteiger charge is 2.39. The van der Waals surface area contributed by atoms with Gasteiger partial charge in [-0.3, -0.25) is 0 Å². The predicted octanol–water partition coefficient (Wildman–Crippen LogP) is 14.9. The molecule has 2 aromatic heterocycles. The standard InChI is InChI=1S/C55H36N2O3/c1-55(2)43-17-8-6-14-42(43)51-44(55)28-30-49-53(51)60-48-29-27-38(31-50(48)58-49)33-19-25-37(26-20-33)54-56-45(35-11-4-3-5-12-35)32-46(57-54)36-23-21-34(22-24-36)39-15-10-16-41-40-13-7-9-18-47(40)59-52(39)41/h3-32H,1-2H3. The first-order chi connectivity index (χ1) is 29.5. The van der Waals surface area contributed by atoms with Gasteiger partial charge in [-0.1, -0.05) is 166 Å². The quantitative estimate of drug-likeness (QED) is 0.174. The van der Waals surface area contributed by atoms with E-state index in [2.05, 4.69) is 153 Å². The summed E-state index contributed by atoms with van der Waals surface area (Å²) in [6, 6.07) is 62.8. The summed E-state index contributed by atoms with van der Waals surface area (Å²) < 4.78 is 19.6. The zero-order valence-corrected chi connectivity index (χ0v) is 32.9. The van der Waals surface area contributed by atoms with Crippen LogP contribution in [0.15, 0.2) is 186 Å². The molecule has 0 atom stereocenters. The summed E-state index contributed by atoms with van der Waals surface area (Å²) in [5.41, 5.74) is 15.4. The van der Waals surface area contributed by atoms with E-state index in [-0.39, 0.29) is 5.41 Å². The SMILES string of the molecule is CC1(C)c2ccccc2-c2c1ccc1c2Oc2ccc(-c3ccc(-c4nc(-c5ccccc5)cc(-c5ccc(-c6cccc7c6oc6ccccc67)cc5)n4)cc3)cc2O1. The average molecular weight is 773 g/mol. The fraction of sp³-hybridized carbons (Fsp3) is 0.0545. The van der Waals surface area contributed by atoms with Crippen LogP contribution in [-0.4, -0.2) is 9.97 Å². The van der Waals surface area contributed by atoms with E-state index < -0.39 is 0 Å². The molecule has 1 aliphatic heterocycles. The predicted molar refractivity (Wildman–Crippen MR) is 241 cm³/mol. The molecule has 5 nitrogen and oxygen atoms in total. The molecular formula is C55H36N2O3. The van der Waals surface area contributed by atoms with Crippen LogP contribution in [0.1, 0.15) is 25.0 Å². The van der Waals surface area contributed by atoms with Gasteiger partial charge in [-0.25, -0.2) is 9.97 Å². The molecule has 0 unspecified atom stereocenters. The van der Waals surface area contributed by atoms with Gasteiger partial charge in [-0.2, -0.15) is 0 Å². The highest BCUT2D eigenvalue weighted by Crippen LogP contribution is 2.58. The molecule has 12 rings (SSSR count). The molecular weight excluding hydrogens is 737 g/mol. The molecule has 0 radical (unpaired) electrons. The molecule has 2 aliphatic rings. The van der Waals surface area contributed by atoms with Crippen LogP contribution in [-0.2, 0) is 5.41 Å². The largest absolute Gasteiger partial charge is 0.455 e. The van der Waals surface area contributed by atoms with Gasteiger partial charge >= 0.3 is 0 Å². The van der Waals surface area contributed by atoms with E-state index in [0.29, 0.717) is 17.3 Å². The lowest BCUT2D eigenvalue weighted by molar-refractivity contribution is 0.360. The van der Waals surface area contributed by atoms with Crippen LogP contribution in [0.2, 0.25) is 0 Å². The summed E-state index contributed by atoms with van der Waals surface area (Å²) in [7, 11) is 0. The Hall–Kier alpha value is -7.76. The van der Waals surface area contributed by atoms with Crippen molar-refractivity contribution in [3.8, 4) is 90.3 Å². The van der Waals surface area contributed by atoms with Crippen LogP contribution in [0.3, 0.4) is 0 Å². The molecule has 0 amide bonds. The van der Waals surface area contributed by atoms with Gasteiger partial charge in [0.25, 0.3) is 0 Å². The lowest BCUT2D eigenvalue weighted by Crippen LogP contribution is -2.15. The van der Waals surface area contributed by atoms with E-state index >= 15 is 0 Å². The van der Waals surface area contributed by atoms with E-state index in [1.54, 1.807) is 0 Å². The van der Waals surface area contributed by atoms with Crippen LogP contribution in [0, 0.1) is 0 Å². The summed E-state index contributed by atoms with van der Waals surface area (Å²) in [4.78, 5) is 10.2. The number of rotatable bonds is 5. The lowest BCUT2D eigenvalue weighted by atomic mass is 9.82. The molecule has 8 aromatic carbocycles. The smallest absolute Gasteiger partial charge is 0.178 e. The molecule has 5 heteroatoms. The molecule has 0 saturated heterocycles. The van der Waals surface area contributed by atoms with Gasteiger partial charge in [0.1, 0.15) is 11.2 Å². The fourth-order valence-corrected chi connectivity index (χ4v) is 9.09. The van der Waals surface area contributed by atoms with Crippen molar-refractivity contribution in [2.45, 2.75) is 19.3 Å². The normalized spacial score (nSPS) is 13.2. The monoisotopic (exact) mass is 772 g/mol. The van der Waals surface area contributed by atoms with E-state index in [0.717, 1.165) is 89.3 Å². The Labute approximate surface area is 347 Å². The summed E-state index contributed by atoms with van der Waals surface area (Å²) in [6.07, 6.45) is 0. The van der Waals surface area contributed by atoms with Crippen molar-refractivity contribution in [3.05, 3.63) is 193 Å². The van der Waals surface area contributed by atoms with Gasteiger partial charge < -0.3 is 13.9 Å². The molecule has 1 aliphatic carbocycles. The van der Waals surface area contributed by atoms with Gasteiger partial charge in [0.05, 0.1) is 11.4 Å². The van der Waals surface area contributed by atoms with Crippen molar-refractivity contribution in [1.82, 2.24) is 9.97 Å². The molecule has 3 heterocycles. The second kappa shape index (κ2) is 13.1. The van der Waals surface area contributed by atoms with Crippen molar-refractivity contribution < 1.29 is 13.9 Å². The van der Waals surface area contributed by atoms with E-state index in [9.17, 15) is 0 Å². The number of aromatic nitrogens is 2.